The van der Waals surface area contributed by atoms with Gasteiger partial charge >= 0.3 is 0 Å². The second kappa shape index (κ2) is 4.84. The van der Waals surface area contributed by atoms with Gasteiger partial charge in [0.1, 0.15) is 18.9 Å². The van der Waals surface area contributed by atoms with Crippen molar-refractivity contribution >= 4 is 5.91 Å². The SMILES string of the molecule is O=C(NC1C2CCC(CC2)[C@@]12CN2)c1cc2c(cn1)OCCO2. The Bertz CT molecular complexity index is 650. The van der Waals surface area contributed by atoms with E-state index >= 15 is 0 Å². The molecule has 3 aliphatic carbocycles. The predicted molar refractivity (Wildman–Crippen MR) is 82.7 cm³/mol. The lowest BCUT2D eigenvalue weighted by Gasteiger charge is -2.48. The summed E-state index contributed by atoms with van der Waals surface area (Å²) in [6, 6.07) is 1.93. The first-order valence-electron chi connectivity index (χ1n) is 8.58. The molecule has 5 aliphatic rings. The van der Waals surface area contributed by atoms with Crippen molar-refractivity contribution in [3.63, 3.8) is 0 Å². The van der Waals surface area contributed by atoms with Crippen LogP contribution in [0.25, 0.3) is 0 Å². The number of pyridine rings is 1. The number of hydrogen-bond donors (Lipinski definition) is 2. The van der Waals surface area contributed by atoms with Crippen molar-refractivity contribution in [3.05, 3.63) is 18.0 Å². The molecule has 6 nitrogen and oxygen atoms in total. The fourth-order valence-electron chi connectivity index (χ4n) is 4.79. The van der Waals surface area contributed by atoms with Gasteiger partial charge in [0.15, 0.2) is 11.5 Å². The Kier molecular flexibility index (Phi) is 2.86. The number of aromatic nitrogens is 1. The van der Waals surface area contributed by atoms with Crippen LogP contribution in [0.1, 0.15) is 36.2 Å². The molecule has 2 atom stereocenters. The summed E-state index contributed by atoms with van der Waals surface area (Å²) in [5.41, 5.74) is 0.566. The summed E-state index contributed by atoms with van der Waals surface area (Å²) in [6.45, 7) is 2.07. The van der Waals surface area contributed by atoms with Crippen LogP contribution >= 0.6 is 0 Å². The number of amides is 1. The van der Waals surface area contributed by atoms with E-state index in [0.717, 1.165) is 6.54 Å². The van der Waals surface area contributed by atoms with E-state index in [-0.39, 0.29) is 17.5 Å². The molecule has 2 bridgehead atoms. The zero-order valence-corrected chi connectivity index (χ0v) is 13.0. The molecule has 2 N–H and O–H groups in total. The van der Waals surface area contributed by atoms with Crippen molar-refractivity contribution in [3.8, 4) is 11.5 Å². The van der Waals surface area contributed by atoms with Crippen LogP contribution in [0.4, 0.5) is 0 Å². The van der Waals surface area contributed by atoms with Gasteiger partial charge in [-0.25, -0.2) is 4.98 Å². The third kappa shape index (κ3) is 2.04. The first kappa shape index (κ1) is 13.6. The minimum Gasteiger partial charge on any atom is -0.486 e. The molecule has 1 unspecified atom stereocenters. The Morgan fingerprint density at radius 1 is 1.22 bits per heavy atom. The van der Waals surface area contributed by atoms with Crippen LogP contribution < -0.4 is 20.1 Å². The number of nitrogens with zero attached hydrogens (tertiary/aromatic N) is 1. The Morgan fingerprint density at radius 2 is 1.96 bits per heavy atom. The summed E-state index contributed by atoms with van der Waals surface area (Å²) >= 11 is 0. The Labute approximate surface area is 134 Å². The quantitative estimate of drug-likeness (QED) is 0.799. The van der Waals surface area contributed by atoms with Crippen LogP contribution in [0.5, 0.6) is 11.5 Å². The molecule has 0 aromatic carbocycles. The highest BCUT2D eigenvalue weighted by molar-refractivity contribution is 5.93. The first-order valence-corrected chi connectivity index (χ1v) is 8.58. The first-order chi connectivity index (χ1) is 11.3. The van der Waals surface area contributed by atoms with Crippen molar-refractivity contribution in [2.75, 3.05) is 19.8 Å². The summed E-state index contributed by atoms with van der Waals surface area (Å²) in [5, 5.41) is 6.82. The lowest BCUT2D eigenvalue weighted by atomic mass is 9.61. The average molecular weight is 315 g/mol. The standard InChI is InChI=1S/C17H21N3O3/c21-16(12-7-13-14(8-18-12)23-6-5-22-13)20-15-10-1-3-11(4-2-10)17(15)9-19-17/h7-8,10-11,15,19H,1-6,9H2,(H,20,21)/t10?,11?,15?,17-/m0/s1. The van der Waals surface area contributed by atoms with Crippen molar-refractivity contribution in [2.45, 2.75) is 37.3 Å². The number of carbonyl (C=O) groups excluding carboxylic acids is 1. The topological polar surface area (TPSA) is 82.4 Å². The van der Waals surface area contributed by atoms with Gasteiger partial charge in [0.2, 0.25) is 0 Å². The Hall–Kier alpha value is -1.82. The van der Waals surface area contributed by atoms with Crippen molar-refractivity contribution in [1.29, 1.82) is 0 Å². The molecule has 1 saturated heterocycles. The number of hydrogen-bond acceptors (Lipinski definition) is 5. The Morgan fingerprint density at radius 3 is 2.70 bits per heavy atom. The fraction of sp³-hybridized carbons (Fsp3) is 0.647. The lowest BCUT2D eigenvalue weighted by Crippen LogP contribution is -2.60. The van der Waals surface area contributed by atoms with E-state index in [2.05, 4.69) is 15.6 Å². The molecule has 122 valence electrons. The molecule has 0 radical (unpaired) electrons. The highest BCUT2D eigenvalue weighted by Crippen LogP contribution is 2.51. The minimum atomic E-state index is -0.104. The summed E-state index contributed by atoms with van der Waals surface area (Å²) in [7, 11) is 0. The molecule has 3 heterocycles. The van der Waals surface area contributed by atoms with Gasteiger partial charge in [-0.2, -0.15) is 0 Å². The smallest absolute Gasteiger partial charge is 0.270 e. The largest absolute Gasteiger partial charge is 0.486 e. The highest BCUT2D eigenvalue weighted by Gasteiger charge is 2.61. The molecule has 6 rings (SSSR count). The third-order valence-electron chi connectivity index (χ3n) is 6.06. The zero-order valence-electron chi connectivity index (χ0n) is 13.0. The monoisotopic (exact) mass is 315 g/mol. The van der Waals surface area contributed by atoms with Crippen LogP contribution in [-0.4, -0.2) is 42.2 Å². The fourth-order valence-corrected chi connectivity index (χ4v) is 4.79. The summed E-state index contributed by atoms with van der Waals surface area (Å²) in [5.74, 6) is 2.43. The zero-order chi connectivity index (χ0) is 15.4. The number of carbonyl (C=O) groups is 1. The maximum absolute atomic E-state index is 12.7. The van der Waals surface area contributed by atoms with Gasteiger partial charge in [0.25, 0.3) is 5.91 Å². The van der Waals surface area contributed by atoms with Crippen molar-refractivity contribution in [1.82, 2.24) is 15.6 Å². The van der Waals surface area contributed by atoms with Crippen LogP contribution in [0.3, 0.4) is 0 Å². The van der Waals surface area contributed by atoms with E-state index in [1.165, 1.54) is 25.7 Å². The van der Waals surface area contributed by atoms with Gasteiger partial charge in [-0.15, -0.1) is 0 Å². The maximum atomic E-state index is 12.7. The van der Waals surface area contributed by atoms with E-state index < -0.39 is 0 Å². The van der Waals surface area contributed by atoms with Crippen molar-refractivity contribution < 1.29 is 14.3 Å². The molecule has 1 aromatic rings. The molecule has 3 saturated carbocycles. The molecule has 1 aromatic heterocycles. The molecule has 6 heteroatoms. The van der Waals surface area contributed by atoms with Gasteiger partial charge in [0, 0.05) is 12.6 Å². The van der Waals surface area contributed by atoms with Gasteiger partial charge < -0.3 is 20.1 Å². The number of nitrogens with one attached hydrogen (secondary N) is 2. The molecule has 1 spiro atoms. The molecule has 4 fully saturated rings. The van der Waals surface area contributed by atoms with Gasteiger partial charge in [-0.1, -0.05) is 0 Å². The van der Waals surface area contributed by atoms with E-state index in [1.54, 1.807) is 12.3 Å². The summed E-state index contributed by atoms with van der Waals surface area (Å²) in [4.78, 5) is 16.9. The maximum Gasteiger partial charge on any atom is 0.270 e. The van der Waals surface area contributed by atoms with E-state index in [1.807, 2.05) is 0 Å². The predicted octanol–water partition coefficient (Wildman–Crippen LogP) is 1.11. The number of rotatable bonds is 2. The second-order valence-electron chi connectivity index (χ2n) is 7.17. The molecule has 2 aliphatic heterocycles. The molecular weight excluding hydrogens is 294 g/mol. The normalized spacial score (nSPS) is 36.8. The van der Waals surface area contributed by atoms with E-state index in [4.69, 9.17) is 9.47 Å². The van der Waals surface area contributed by atoms with Gasteiger partial charge in [0.05, 0.1) is 17.8 Å². The molecular formula is C17H21N3O3. The average Bonchev–Trinajstić information content (AvgIpc) is 3.39. The van der Waals surface area contributed by atoms with Crippen molar-refractivity contribution in [2.24, 2.45) is 11.8 Å². The third-order valence-corrected chi connectivity index (χ3v) is 6.06. The lowest BCUT2D eigenvalue weighted by molar-refractivity contribution is 0.0630. The van der Waals surface area contributed by atoms with E-state index in [0.29, 0.717) is 42.2 Å². The highest BCUT2D eigenvalue weighted by atomic mass is 16.6. The van der Waals surface area contributed by atoms with E-state index in [9.17, 15) is 4.79 Å². The summed E-state index contributed by atoms with van der Waals surface area (Å²) < 4.78 is 11.0. The van der Waals surface area contributed by atoms with Gasteiger partial charge in [-0.3, -0.25) is 4.79 Å². The summed E-state index contributed by atoms with van der Waals surface area (Å²) in [6.07, 6.45) is 6.64. The number of ether oxygens (including phenoxy) is 2. The van der Waals surface area contributed by atoms with Crippen LogP contribution in [0.2, 0.25) is 0 Å². The van der Waals surface area contributed by atoms with Crippen LogP contribution in [-0.2, 0) is 0 Å². The minimum absolute atomic E-state index is 0.104. The van der Waals surface area contributed by atoms with Gasteiger partial charge in [-0.05, 0) is 37.5 Å². The van der Waals surface area contributed by atoms with Crippen LogP contribution in [0, 0.1) is 11.8 Å². The van der Waals surface area contributed by atoms with Crippen LogP contribution in [0.15, 0.2) is 12.3 Å². The molecule has 1 amide bonds. The number of fused-ring (bicyclic) bond motifs is 3. The second-order valence-corrected chi connectivity index (χ2v) is 7.17. The molecule has 23 heavy (non-hydrogen) atoms. The Balaban J connectivity index is 1.37.